The fraction of sp³-hybridized carbons (Fsp3) is 0.714. The summed E-state index contributed by atoms with van der Waals surface area (Å²) in [6, 6.07) is 5.95. The third kappa shape index (κ3) is 3.75. The minimum atomic E-state index is -1.04. The van der Waals surface area contributed by atoms with Crippen LogP contribution < -0.4 is 0 Å². The lowest BCUT2D eigenvalue weighted by atomic mass is 9.64. The maximum absolute atomic E-state index is 11.9. The maximum atomic E-state index is 11.9. The summed E-state index contributed by atoms with van der Waals surface area (Å²) in [6.45, 7) is 20.4. The zero-order valence-corrected chi connectivity index (χ0v) is 29.2. The number of aliphatic hydroxyl groups is 3. The molecule has 7 rings (SSSR count). The van der Waals surface area contributed by atoms with Gasteiger partial charge < -0.3 is 15.3 Å². The van der Waals surface area contributed by atoms with Gasteiger partial charge in [-0.15, -0.1) is 0 Å². The average Bonchev–Trinajstić information content (AvgIpc) is 3.57. The van der Waals surface area contributed by atoms with E-state index in [-0.39, 0.29) is 32.5 Å². The van der Waals surface area contributed by atoms with Crippen LogP contribution in [0.2, 0.25) is 0 Å². The fourth-order valence-corrected chi connectivity index (χ4v) is 11.8. The van der Waals surface area contributed by atoms with Crippen molar-refractivity contribution in [3.05, 3.63) is 34.9 Å². The molecule has 6 fully saturated rings. The highest BCUT2D eigenvalue weighted by molar-refractivity contribution is 5.53. The highest BCUT2D eigenvalue weighted by Gasteiger charge is 2.70. The van der Waals surface area contributed by atoms with Gasteiger partial charge in [0.25, 0.3) is 0 Å². The standard InChI is InChI=1S/C42H54O3/c1-34(2)31-13-16-37(34,7)40(43,25-31)19-10-28-22-29(11-20-41(44)26-32-14-17-38(41,8)35(32,3)4)24-30(23-28)12-21-42(45)27-33-15-18-39(42,9)36(33,5)6/h22-24,31-33,43-45H,13-18,25-27H2,1-9H3/t31-,32-,33-,37-,38-,39-,40-,41-,42-/m1/s1. The predicted molar refractivity (Wildman–Crippen MR) is 180 cm³/mol. The Morgan fingerprint density at radius 1 is 0.467 bits per heavy atom. The molecule has 0 amide bonds. The molecule has 1 aromatic rings. The van der Waals surface area contributed by atoms with Crippen molar-refractivity contribution in [1.29, 1.82) is 0 Å². The molecule has 6 aliphatic carbocycles. The van der Waals surface area contributed by atoms with Crippen LogP contribution >= 0.6 is 0 Å². The van der Waals surface area contributed by atoms with E-state index < -0.39 is 16.8 Å². The first kappa shape index (κ1) is 31.4. The summed E-state index contributed by atoms with van der Waals surface area (Å²) in [5, 5.41) is 35.8. The van der Waals surface area contributed by atoms with Gasteiger partial charge in [-0.1, -0.05) is 97.8 Å². The first-order chi connectivity index (χ1) is 20.7. The van der Waals surface area contributed by atoms with E-state index in [2.05, 4.69) is 97.8 Å². The number of fused-ring (bicyclic) bond motifs is 6. The molecule has 240 valence electrons. The zero-order chi connectivity index (χ0) is 32.7. The van der Waals surface area contributed by atoms with E-state index in [9.17, 15) is 15.3 Å². The van der Waals surface area contributed by atoms with Crippen LogP contribution in [0.25, 0.3) is 0 Å². The molecule has 6 aliphatic rings. The molecule has 6 saturated carbocycles. The molecule has 0 radical (unpaired) electrons. The summed E-state index contributed by atoms with van der Waals surface area (Å²) in [4.78, 5) is 0. The molecule has 3 N–H and O–H groups in total. The van der Waals surface area contributed by atoms with E-state index in [1.54, 1.807) is 0 Å². The third-order valence-electron chi connectivity index (χ3n) is 16.8. The molecule has 3 heteroatoms. The monoisotopic (exact) mass is 606 g/mol. The van der Waals surface area contributed by atoms with E-state index in [1.165, 1.54) is 0 Å². The van der Waals surface area contributed by atoms with Crippen LogP contribution in [0.15, 0.2) is 18.2 Å². The van der Waals surface area contributed by atoms with Gasteiger partial charge in [-0.05, 0) is 110 Å². The van der Waals surface area contributed by atoms with Gasteiger partial charge in [0.1, 0.15) is 16.8 Å². The Morgan fingerprint density at radius 3 is 0.889 bits per heavy atom. The first-order valence-corrected chi connectivity index (χ1v) is 17.6. The molecule has 3 nitrogen and oxygen atoms in total. The predicted octanol–water partition coefficient (Wildman–Crippen LogP) is 7.47. The molecule has 0 saturated heterocycles. The Balaban J connectivity index is 1.28. The lowest BCUT2D eigenvalue weighted by Gasteiger charge is -2.42. The smallest absolute Gasteiger partial charge is 0.131 e. The molecular weight excluding hydrogens is 552 g/mol. The van der Waals surface area contributed by atoms with Crippen molar-refractivity contribution in [2.45, 2.75) is 137 Å². The highest BCUT2D eigenvalue weighted by atomic mass is 16.3. The van der Waals surface area contributed by atoms with Gasteiger partial charge in [0.15, 0.2) is 0 Å². The summed E-state index contributed by atoms with van der Waals surface area (Å²) >= 11 is 0. The van der Waals surface area contributed by atoms with Crippen molar-refractivity contribution in [2.75, 3.05) is 0 Å². The maximum Gasteiger partial charge on any atom is 0.131 e. The highest BCUT2D eigenvalue weighted by Crippen LogP contribution is 2.71. The van der Waals surface area contributed by atoms with E-state index >= 15 is 0 Å². The van der Waals surface area contributed by atoms with Gasteiger partial charge in [-0.3, -0.25) is 0 Å². The Morgan fingerprint density at radius 2 is 0.711 bits per heavy atom. The second-order valence-corrected chi connectivity index (χ2v) is 18.6. The van der Waals surface area contributed by atoms with Crippen LogP contribution in [0, 0.1) is 85.8 Å². The first-order valence-electron chi connectivity index (χ1n) is 17.6. The second-order valence-electron chi connectivity index (χ2n) is 18.6. The molecular formula is C42H54O3. The molecule has 0 aliphatic heterocycles. The summed E-state index contributed by atoms with van der Waals surface area (Å²) in [5.41, 5.74) is -1.45. The van der Waals surface area contributed by atoms with E-state index in [4.69, 9.17) is 0 Å². The molecule has 1 aromatic carbocycles. The van der Waals surface area contributed by atoms with Crippen molar-refractivity contribution >= 4 is 0 Å². The number of benzene rings is 1. The molecule has 0 aromatic heterocycles. The number of rotatable bonds is 0. The lowest BCUT2D eigenvalue weighted by Crippen LogP contribution is -2.46. The molecule has 0 spiro atoms. The normalized spacial score (nSPS) is 47.1. The number of hydrogen-bond donors (Lipinski definition) is 3. The van der Waals surface area contributed by atoms with Crippen LogP contribution in [-0.4, -0.2) is 32.1 Å². The van der Waals surface area contributed by atoms with Crippen molar-refractivity contribution in [1.82, 2.24) is 0 Å². The average molecular weight is 607 g/mol. The van der Waals surface area contributed by atoms with Crippen molar-refractivity contribution in [2.24, 2.45) is 50.2 Å². The molecule has 6 bridgehead atoms. The minimum absolute atomic E-state index is 0.0420. The fourth-order valence-electron chi connectivity index (χ4n) is 11.8. The summed E-state index contributed by atoms with van der Waals surface area (Å²) < 4.78 is 0. The number of hydrogen-bond acceptors (Lipinski definition) is 3. The Bertz CT molecular complexity index is 1460. The summed E-state index contributed by atoms with van der Waals surface area (Å²) in [5.74, 6) is 21.6. The second kappa shape index (κ2) is 9.02. The quantitative estimate of drug-likeness (QED) is 0.269. The lowest BCUT2D eigenvalue weighted by molar-refractivity contribution is -0.0434. The Hall–Kier alpha value is -2.22. The van der Waals surface area contributed by atoms with E-state index in [0.29, 0.717) is 37.0 Å². The van der Waals surface area contributed by atoms with Crippen molar-refractivity contribution in [3.8, 4) is 35.5 Å². The van der Waals surface area contributed by atoms with Gasteiger partial charge in [-0.2, -0.15) is 0 Å². The van der Waals surface area contributed by atoms with Gasteiger partial charge in [0.05, 0.1) is 0 Å². The molecule has 45 heavy (non-hydrogen) atoms. The Kier molecular flexibility index (Phi) is 6.29. The summed E-state index contributed by atoms with van der Waals surface area (Å²) in [6.07, 6.45) is 8.54. The van der Waals surface area contributed by atoms with E-state index in [0.717, 1.165) is 55.2 Å². The third-order valence-corrected chi connectivity index (χ3v) is 16.8. The van der Waals surface area contributed by atoms with Crippen LogP contribution in [0.3, 0.4) is 0 Å². The van der Waals surface area contributed by atoms with Gasteiger partial charge in [0, 0.05) is 32.9 Å². The Labute approximate surface area is 272 Å². The van der Waals surface area contributed by atoms with Gasteiger partial charge in [-0.25, -0.2) is 0 Å². The largest absolute Gasteiger partial charge is 0.377 e. The SMILES string of the molecule is CC1(C)[C@@H]2CC[C@@]1(C)[C@@](O)(C#Cc1cc(C#C[C@@]3(O)C[C@H]4CC[C@]3(C)C4(C)C)cc(C#C[C@@]3(O)C[C@H]4CC[C@]3(C)C4(C)C)c1)C2. The van der Waals surface area contributed by atoms with Crippen LogP contribution in [0.4, 0.5) is 0 Å². The minimum Gasteiger partial charge on any atom is -0.377 e. The van der Waals surface area contributed by atoms with Crippen molar-refractivity contribution in [3.63, 3.8) is 0 Å². The van der Waals surface area contributed by atoms with Gasteiger partial charge >= 0.3 is 0 Å². The van der Waals surface area contributed by atoms with Crippen LogP contribution in [0.1, 0.15) is 137 Å². The molecule has 9 atom stereocenters. The topological polar surface area (TPSA) is 60.7 Å². The summed E-state index contributed by atoms with van der Waals surface area (Å²) in [7, 11) is 0. The van der Waals surface area contributed by atoms with Crippen LogP contribution in [0.5, 0.6) is 0 Å². The van der Waals surface area contributed by atoms with Crippen LogP contribution in [-0.2, 0) is 0 Å². The van der Waals surface area contributed by atoms with Gasteiger partial charge in [0.2, 0.25) is 0 Å². The van der Waals surface area contributed by atoms with E-state index in [1.807, 2.05) is 18.2 Å². The molecule has 0 unspecified atom stereocenters. The van der Waals surface area contributed by atoms with Crippen molar-refractivity contribution < 1.29 is 15.3 Å². The molecule has 0 heterocycles. The zero-order valence-electron chi connectivity index (χ0n) is 29.2.